The van der Waals surface area contributed by atoms with Crippen molar-refractivity contribution in [3.05, 3.63) is 170 Å². The Labute approximate surface area is 504 Å². The minimum atomic E-state index is -0.838. The molecule has 0 aromatic rings. The first-order valence-electron chi connectivity index (χ1n) is 33.1. The Morgan fingerprint density at radius 1 is 0.256 bits per heavy atom. The fourth-order valence-corrected chi connectivity index (χ4v) is 8.60. The van der Waals surface area contributed by atoms with Crippen LogP contribution in [0.15, 0.2) is 170 Å². The summed E-state index contributed by atoms with van der Waals surface area (Å²) in [7, 11) is 0. The lowest BCUT2D eigenvalue weighted by atomic mass is 10.0. The SMILES string of the molecule is CC/C=C\C/C=C\C/C=C\C/C=C\C/C=C\C/C=C\C/C=C\C/C=C\CCCCCCC(=O)OCC(COC(=O)CCCCCCCCCCCCCCCCCC)OC(=O)CC/C=C\C/C=C\C/C=C\C/C=C\C/C=C\C/C=C\CC. The van der Waals surface area contributed by atoms with E-state index in [1.54, 1.807) is 0 Å². The number of hydrogen-bond acceptors (Lipinski definition) is 6. The molecule has 0 saturated carbocycles. The molecular formula is C76H120O6. The Bertz CT molecular complexity index is 1870. The highest BCUT2D eigenvalue weighted by Gasteiger charge is 2.19. The molecule has 1 unspecified atom stereocenters. The van der Waals surface area contributed by atoms with Crippen LogP contribution in [0.4, 0.5) is 0 Å². The first kappa shape index (κ1) is 76.8. The first-order valence-corrected chi connectivity index (χ1v) is 33.1. The van der Waals surface area contributed by atoms with Crippen LogP contribution in [0.2, 0.25) is 0 Å². The Hall–Kier alpha value is -5.23. The summed E-state index contributed by atoms with van der Waals surface area (Å²) < 4.78 is 16.8. The van der Waals surface area contributed by atoms with Gasteiger partial charge in [-0.3, -0.25) is 14.4 Å². The van der Waals surface area contributed by atoms with Crippen molar-refractivity contribution in [1.82, 2.24) is 0 Å². The van der Waals surface area contributed by atoms with E-state index in [0.29, 0.717) is 19.3 Å². The van der Waals surface area contributed by atoms with E-state index in [2.05, 4.69) is 179 Å². The molecule has 0 saturated heterocycles. The topological polar surface area (TPSA) is 78.9 Å². The van der Waals surface area contributed by atoms with Gasteiger partial charge in [-0.05, 0) is 122 Å². The lowest BCUT2D eigenvalue weighted by molar-refractivity contribution is -0.166. The van der Waals surface area contributed by atoms with Gasteiger partial charge in [0.15, 0.2) is 6.10 Å². The van der Waals surface area contributed by atoms with Crippen LogP contribution < -0.4 is 0 Å². The van der Waals surface area contributed by atoms with E-state index in [4.69, 9.17) is 14.2 Å². The Morgan fingerprint density at radius 2 is 0.500 bits per heavy atom. The van der Waals surface area contributed by atoms with Crippen molar-refractivity contribution < 1.29 is 28.6 Å². The van der Waals surface area contributed by atoms with Gasteiger partial charge in [0, 0.05) is 19.3 Å². The molecule has 460 valence electrons. The van der Waals surface area contributed by atoms with Gasteiger partial charge in [0.2, 0.25) is 0 Å². The fraction of sp³-hybridized carbons (Fsp3) is 0.592. The van der Waals surface area contributed by atoms with Crippen LogP contribution in [0.1, 0.15) is 271 Å². The molecule has 0 aliphatic heterocycles. The summed E-state index contributed by atoms with van der Waals surface area (Å²) in [4.78, 5) is 38.3. The van der Waals surface area contributed by atoms with Crippen LogP contribution in [0.25, 0.3) is 0 Å². The summed E-state index contributed by atoms with van der Waals surface area (Å²) >= 11 is 0. The molecule has 82 heavy (non-hydrogen) atoms. The van der Waals surface area contributed by atoms with Gasteiger partial charge in [0.05, 0.1) is 0 Å². The second kappa shape index (κ2) is 68.3. The van der Waals surface area contributed by atoms with Gasteiger partial charge in [-0.2, -0.15) is 0 Å². The summed E-state index contributed by atoms with van der Waals surface area (Å²) in [6, 6.07) is 0. The molecule has 1 atom stereocenters. The van der Waals surface area contributed by atoms with Gasteiger partial charge < -0.3 is 14.2 Å². The molecule has 0 N–H and O–H groups in total. The highest BCUT2D eigenvalue weighted by atomic mass is 16.6. The van der Waals surface area contributed by atoms with E-state index in [9.17, 15) is 14.4 Å². The number of unbranched alkanes of at least 4 members (excludes halogenated alkanes) is 19. The van der Waals surface area contributed by atoms with Crippen LogP contribution >= 0.6 is 0 Å². The van der Waals surface area contributed by atoms with E-state index < -0.39 is 12.1 Å². The molecule has 0 aromatic heterocycles. The molecule has 0 radical (unpaired) electrons. The highest BCUT2D eigenvalue weighted by molar-refractivity contribution is 5.71. The van der Waals surface area contributed by atoms with Crippen molar-refractivity contribution in [3.8, 4) is 0 Å². The van der Waals surface area contributed by atoms with E-state index in [0.717, 1.165) is 141 Å². The predicted octanol–water partition coefficient (Wildman–Crippen LogP) is 23.0. The predicted molar refractivity (Wildman–Crippen MR) is 357 cm³/mol. The molecule has 0 aromatic carbocycles. The third kappa shape index (κ3) is 65.6. The number of ether oxygens (including phenoxy) is 3. The second-order valence-corrected chi connectivity index (χ2v) is 21.3. The maximum atomic E-state index is 12.9. The first-order chi connectivity index (χ1) is 40.5. The zero-order chi connectivity index (χ0) is 59.2. The number of carbonyl (C=O) groups is 3. The summed E-state index contributed by atoms with van der Waals surface area (Å²) in [5, 5.41) is 0. The average Bonchev–Trinajstić information content (AvgIpc) is 3.47. The zero-order valence-electron chi connectivity index (χ0n) is 52.7. The van der Waals surface area contributed by atoms with Gasteiger partial charge >= 0.3 is 17.9 Å². The minimum Gasteiger partial charge on any atom is -0.462 e. The van der Waals surface area contributed by atoms with Crippen LogP contribution in [-0.4, -0.2) is 37.2 Å². The molecule has 6 heteroatoms. The molecule has 6 nitrogen and oxygen atoms in total. The van der Waals surface area contributed by atoms with E-state index >= 15 is 0 Å². The monoisotopic (exact) mass is 1130 g/mol. The van der Waals surface area contributed by atoms with Crippen molar-refractivity contribution in [2.75, 3.05) is 13.2 Å². The van der Waals surface area contributed by atoms with Crippen LogP contribution in [-0.2, 0) is 28.6 Å². The molecule has 0 rings (SSSR count). The normalized spacial score (nSPS) is 13.3. The van der Waals surface area contributed by atoms with E-state index in [1.165, 1.54) is 83.5 Å². The molecule has 0 amide bonds. The number of esters is 3. The molecule has 0 aliphatic carbocycles. The van der Waals surface area contributed by atoms with E-state index in [1.807, 2.05) is 12.2 Å². The summed E-state index contributed by atoms with van der Waals surface area (Å²) in [5.41, 5.74) is 0. The smallest absolute Gasteiger partial charge is 0.306 e. The van der Waals surface area contributed by atoms with Crippen molar-refractivity contribution >= 4 is 17.9 Å². The van der Waals surface area contributed by atoms with Crippen molar-refractivity contribution in [2.45, 2.75) is 277 Å². The van der Waals surface area contributed by atoms with Crippen molar-refractivity contribution in [1.29, 1.82) is 0 Å². The Kier molecular flexibility index (Phi) is 63.9. The molecule has 0 heterocycles. The van der Waals surface area contributed by atoms with Gasteiger partial charge in [-0.25, -0.2) is 0 Å². The van der Waals surface area contributed by atoms with Gasteiger partial charge in [0.25, 0.3) is 0 Å². The van der Waals surface area contributed by atoms with E-state index in [-0.39, 0.29) is 31.6 Å². The number of allylic oxidation sites excluding steroid dienone is 28. The maximum absolute atomic E-state index is 12.9. The van der Waals surface area contributed by atoms with Crippen LogP contribution in [0, 0.1) is 0 Å². The lowest BCUT2D eigenvalue weighted by Gasteiger charge is -2.18. The molecule has 0 spiro atoms. The quantitative estimate of drug-likeness (QED) is 0.0261. The largest absolute Gasteiger partial charge is 0.462 e. The highest BCUT2D eigenvalue weighted by Crippen LogP contribution is 2.15. The van der Waals surface area contributed by atoms with Gasteiger partial charge in [0.1, 0.15) is 13.2 Å². The van der Waals surface area contributed by atoms with Gasteiger partial charge in [-0.1, -0.05) is 300 Å². The zero-order valence-corrected chi connectivity index (χ0v) is 52.7. The summed E-state index contributed by atoms with van der Waals surface area (Å²) in [6.45, 7) is 6.34. The molecule has 0 fully saturated rings. The summed E-state index contributed by atoms with van der Waals surface area (Å²) in [5.74, 6) is -1.03. The number of carbonyl (C=O) groups excluding carboxylic acids is 3. The average molecular weight is 1130 g/mol. The molecule has 0 bridgehead atoms. The summed E-state index contributed by atoms with van der Waals surface area (Å²) in [6.07, 6.45) is 101. The minimum absolute atomic E-state index is 0.122. The van der Waals surface area contributed by atoms with Gasteiger partial charge in [-0.15, -0.1) is 0 Å². The molecular weight excluding hydrogens is 1010 g/mol. The molecule has 0 aliphatic rings. The third-order valence-corrected chi connectivity index (χ3v) is 13.5. The lowest BCUT2D eigenvalue weighted by Crippen LogP contribution is -2.30. The second-order valence-electron chi connectivity index (χ2n) is 21.3. The van der Waals surface area contributed by atoms with Crippen molar-refractivity contribution in [2.24, 2.45) is 0 Å². The standard InChI is InChI=1S/C76H120O6/c1-4-7-10-13-16-19-22-25-28-31-33-34-35-36-37-38-39-40-41-42-44-45-48-51-54-57-60-63-66-69-75(78)81-72-73(71-80-74(77)68-65-62-59-56-53-50-47-30-27-24-21-18-15-12-9-6-3)82-76(79)70-67-64-61-58-55-52-49-46-43-32-29-26-23-20-17-14-11-8-5-2/h7-8,10-11,16-17,19-20,25-26,28-29,33-34,36-37,39-40,42-44,46,48,51-52,55,61,64,73H,4-6,9,12-15,18,21-24,27,30-32,35,38,41,45,47,49-50,53-54,56-60,62-63,65-72H2,1-3H3/b10-7-,11-8-,19-16-,20-17-,28-25-,29-26-,34-33-,37-36-,40-39-,44-42-,46-43-,51-48-,55-52-,64-61-. The van der Waals surface area contributed by atoms with Crippen LogP contribution in [0.5, 0.6) is 0 Å². The fourth-order valence-electron chi connectivity index (χ4n) is 8.60. The Morgan fingerprint density at radius 3 is 0.793 bits per heavy atom. The Balaban J connectivity index is 4.52. The van der Waals surface area contributed by atoms with Crippen LogP contribution in [0.3, 0.4) is 0 Å². The van der Waals surface area contributed by atoms with Crippen molar-refractivity contribution in [3.63, 3.8) is 0 Å². The number of rotatable bonds is 58. The maximum Gasteiger partial charge on any atom is 0.306 e. The number of hydrogen-bond donors (Lipinski definition) is 0. The third-order valence-electron chi connectivity index (χ3n) is 13.5.